The number of furan rings is 1. The zero-order valence-corrected chi connectivity index (χ0v) is 13.5. The minimum atomic E-state index is 0.782. The molecule has 4 heteroatoms. The van der Waals surface area contributed by atoms with Crippen molar-refractivity contribution in [1.29, 1.82) is 0 Å². The molecule has 0 aromatic carbocycles. The summed E-state index contributed by atoms with van der Waals surface area (Å²) in [7, 11) is 0. The van der Waals surface area contributed by atoms with Crippen molar-refractivity contribution in [2.75, 3.05) is 32.7 Å². The molecule has 0 aliphatic carbocycles. The average Bonchev–Trinajstić information content (AvgIpc) is 2.99. The molecule has 1 aromatic rings. The van der Waals surface area contributed by atoms with Crippen LogP contribution in [0.2, 0.25) is 0 Å². The Bertz CT molecular complexity index is 457. The molecule has 0 radical (unpaired) electrons. The molecule has 21 heavy (non-hydrogen) atoms. The Morgan fingerprint density at radius 1 is 1.29 bits per heavy atom. The van der Waals surface area contributed by atoms with E-state index in [2.05, 4.69) is 35.0 Å². The van der Waals surface area contributed by atoms with Crippen molar-refractivity contribution in [3.63, 3.8) is 0 Å². The molecule has 1 unspecified atom stereocenters. The second-order valence-electron chi connectivity index (χ2n) is 6.52. The van der Waals surface area contributed by atoms with Crippen LogP contribution < -0.4 is 5.32 Å². The topological polar surface area (TPSA) is 31.7 Å². The maximum absolute atomic E-state index is 6.05. The zero-order chi connectivity index (χ0) is 14.7. The molecule has 2 aliphatic rings. The van der Waals surface area contributed by atoms with Gasteiger partial charge in [0.15, 0.2) is 0 Å². The van der Waals surface area contributed by atoms with Gasteiger partial charge in [0.05, 0.1) is 13.1 Å². The molecule has 1 aromatic heterocycles. The molecule has 0 bridgehead atoms. The van der Waals surface area contributed by atoms with Gasteiger partial charge < -0.3 is 9.73 Å². The highest BCUT2D eigenvalue weighted by atomic mass is 16.3. The molecule has 0 amide bonds. The molecule has 118 valence electrons. The summed E-state index contributed by atoms with van der Waals surface area (Å²) in [5.74, 6) is 2.23. The quantitative estimate of drug-likeness (QED) is 0.902. The van der Waals surface area contributed by atoms with Crippen molar-refractivity contribution in [3.05, 3.63) is 23.2 Å². The van der Waals surface area contributed by atoms with Gasteiger partial charge in [0, 0.05) is 12.6 Å². The van der Waals surface area contributed by atoms with Crippen LogP contribution in [0.4, 0.5) is 0 Å². The van der Waals surface area contributed by atoms with E-state index in [1.165, 1.54) is 51.0 Å². The van der Waals surface area contributed by atoms with Crippen LogP contribution >= 0.6 is 0 Å². The summed E-state index contributed by atoms with van der Waals surface area (Å²) in [6.45, 7) is 12.1. The minimum Gasteiger partial charge on any atom is -0.463 e. The molecule has 2 saturated heterocycles. The molecule has 3 rings (SSSR count). The lowest BCUT2D eigenvalue weighted by atomic mass is 10.2. The summed E-state index contributed by atoms with van der Waals surface area (Å²) >= 11 is 0. The highest BCUT2D eigenvalue weighted by Gasteiger charge is 2.28. The van der Waals surface area contributed by atoms with E-state index in [4.69, 9.17) is 4.42 Å². The summed E-state index contributed by atoms with van der Waals surface area (Å²) < 4.78 is 6.05. The Morgan fingerprint density at radius 3 is 3.00 bits per heavy atom. The van der Waals surface area contributed by atoms with Crippen LogP contribution in [-0.4, -0.2) is 48.6 Å². The second kappa shape index (κ2) is 6.95. The number of hydrogen-bond donors (Lipinski definition) is 1. The highest BCUT2D eigenvalue weighted by molar-refractivity contribution is 5.20. The lowest BCUT2D eigenvalue weighted by Crippen LogP contribution is -2.36. The summed E-state index contributed by atoms with van der Waals surface area (Å²) in [5, 5.41) is 3.35. The molecule has 4 nitrogen and oxygen atoms in total. The Morgan fingerprint density at radius 2 is 2.14 bits per heavy atom. The average molecular weight is 291 g/mol. The van der Waals surface area contributed by atoms with Gasteiger partial charge in [0.1, 0.15) is 11.5 Å². The van der Waals surface area contributed by atoms with Crippen LogP contribution in [0.3, 0.4) is 0 Å². The monoisotopic (exact) mass is 291 g/mol. The minimum absolute atomic E-state index is 0.782. The lowest BCUT2D eigenvalue weighted by Gasteiger charge is -2.24. The van der Waals surface area contributed by atoms with Crippen molar-refractivity contribution in [1.82, 2.24) is 15.1 Å². The highest BCUT2D eigenvalue weighted by Crippen LogP contribution is 2.23. The third-order valence-electron chi connectivity index (χ3n) is 4.87. The van der Waals surface area contributed by atoms with Crippen molar-refractivity contribution in [3.8, 4) is 0 Å². The van der Waals surface area contributed by atoms with E-state index in [9.17, 15) is 0 Å². The summed E-state index contributed by atoms with van der Waals surface area (Å²) in [6, 6.07) is 3.01. The maximum Gasteiger partial charge on any atom is 0.120 e. The van der Waals surface area contributed by atoms with E-state index in [1.807, 2.05) is 0 Å². The fourth-order valence-electron chi connectivity index (χ4n) is 3.73. The van der Waals surface area contributed by atoms with Gasteiger partial charge >= 0.3 is 0 Å². The first-order valence-corrected chi connectivity index (χ1v) is 8.51. The van der Waals surface area contributed by atoms with Crippen molar-refractivity contribution >= 4 is 0 Å². The first kappa shape index (κ1) is 15.1. The largest absolute Gasteiger partial charge is 0.463 e. The van der Waals surface area contributed by atoms with Crippen LogP contribution in [0, 0.1) is 6.92 Å². The molecule has 1 atom stereocenters. The van der Waals surface area contributed by atoms with E-state index in [-0.39, 0.29) is 0 Å². The van der Waals surface area contributed by atoms with Crippen LogP contribution in [-0.2, 0) is 13.1 Å². The molecular formula is C17H29N3O. The standard InChI is InChI=1S/C17H29N3O/c1-3-18-11-17-14(2)10-16(21-17)13-19-7-5-9-20-8-4-6-15(20)12-19/h10,15,18H,3-9,11-13H2,1-2H3. The molecular weight excluding hydrogens is 262 g/mol. The van der Waals surface area contributed by atoms with E-state index in [0.717, 1.165) is 37.2 Å². The van der Waals surface area contributed by atoms with Gasteiger partial charge in [0.2, 0.25) is 0 Å². The molecule has 0 spiro atoms. The van der Waals surface area contributed by atoms with Gasteiger partial charge in [-0.1, -0.05) is 6.92 Å². The van der Waals surface area contributed by atoms with Gasteiger partial charge in [-0.3, -0.25) is 9.80 Å². The summed E-state index contributed by atoms with van der Waals surface area (Å²) in [4.78, 5) is 5.27. The van der Waals surface area contributed by atoms with Crippen LogP contribution in [0.1, 0.15) is 43.3 Å². The van der Waals surface area contributed by atoms with Crippen molar-refractivity contribution < 1.29 is 4.42 Å². The van der Waals surface area contributed by atoms with Crippen molar-refractivity contribution in [2.24, 2.45) is 0 Å². The van der Waals surface area contributed by atoms with Crippen LogP contribution in [0.15, 0.2) is 10.5 Å². The number of nitrogens with zero attached hydrogens (tertiary/aromatic N) is 2. The van der Waals surface area contributed by atoms with Crippen LogP contribution in [0.25, 0.3) is 0 Å². The summed E-state index contributed by atoms with van der Waals surface area (Å²) in [5.41, 5.74) is 1.28. The molecule has 2 aliphatic heterocycles. The SMILES string of the molecule is CCNCc1oc(CN2CCCN3CCCC3C2)cc1C. The number of fused-ring (bicyclic) bond motifs is 1. The molecule has 0 saturated carbocycles. The van der Waals surface area contributed by atoms with E-state index in [0.29, 0.717) is 0 Å². The summed E-state index contributed by atoms with van der Waals surface area (Å²) in [6.07, 6.45) is 4.05. The fourth-order valence-corrected chi connectivity index (χ4v) is 3.73. The first-order chi connectivity index (χ1) is 10.3. The zero-order valence-electron chi connectivity index (χ0n) is 13.5. The lowest BCUT2D eigenvalue weighted by molar-refractivity contribution is 0.204. The number of rotatable bonds is 5. The smallest absolute Gasteiger partial charge is 0.120 e. The molecule has 3 heterocycles. The third kappa shape index (κ3) is 3.68. The normalized spacial score (nSPS) is 24.2. The first-order valence-electron chi connectivity index (χ1n) is 8.51. The van der Waals surface area contributed by atoms with Gasteiger partial charge in [-0.2, -0.15) is 0 Å². The van der Waals surface area contributed by atoms with Crippen molar-refractivity contribution in [2.45, 2.75) is 52.2 Å². The van der Waals surface area contributed by atoms with E-state index < -0.39 is 0 Å². The Hall–Kier alpha value is -0.840. The van der Waals surface area contributed by atoms with E-state index in [1.54, 1.807) is 0 Å². The Kier molecular flexibility index (Phi) is 4.99. The van der Waals surface area contributed by atoms with Crippen LogP contribution in [0.5, 0.6) is 0 Å². The van der Waals surface area contributed by atoms with E-state index >= 15 is 0 Å². The Labute approximate surface area is 128 Å². The van der Waals surface area contributed by atoms with Gasteiger partial charge in [-0.05, 0) is 64.0 Å². The number of nitrogens with one attached hydrogen (secondary N) is 1. The number of aryl methyl sites for hydroxylation is 1. The van der Waals surface area contributed by atoms with Gasteiger partial charge in [-0.15, -0.1) is 0 Å². The predicted molar refractivity (Wildman–Crippen MR) is 85.3 cm³/mol. The second-order valence-corrected chi connectivity index (χ2v) is 6.52. The molecule has 2 fully saturated rings. The molecule has 1 N–H and O–H groups in total. The third-order valence-corrected chi connectivity index (χ3v) is 4.87. The Balaban J connectivity index is 1.60. The number of hydrogen-bond acceptors (Lipinski definition) is 4. The maximum atomic E-state index is 6.05. The fraction of sp³-hybridized carbons (Fsp3) is 0.765. The van der Waals surface area contributed by atoms with Gasteiger partial charge in [-0.25, -0.2) is 0 Å². The van der Waals surface area contributed by atoms with Gasteiger partial charge in [0.25, 0.3) is 0 Å². The predicted octanol–water partition coefficient (Wildman–Crippen LogP) is 2.37.